The summed E-state index contributed by atoms with van der Waals surface area (Å²) in [4.78, 5) is 22.3. The number of nitrogens with one attached hydrogen (secondary N) is 1. The van der Waals surface area contributed by atoms with Gasteiger partial charge < -0.3 is 24.5 Å². The van der Waals surface area contributed by atoms with Gasteiger partial charge >= 0.3 is 0 Å². The van der Waals surface area contributed by atoms with Crippen molar-refractivity contribution in [1.29, 1.82) is 0 Å². The second-order valence-electron chi connectivity index (χ2n) is 8.38. The highest BCUT2D eigenvalue weighted by molar-refractivity contribution is 6.03. The largest absolute Gasteiger partial charge is 0.550 e. The minimum Gasteiger partial charge on any atom is -0.550 e. The van der Waals surface area contributed by atoms with Gasteiger partial charge in [-0.05, 0) is 42.8 Å². The maximum absolute atomic E-state index is 11.4. The van der Waals surface area contributed by atoms with Gasteiger partial charge in [-0.2, -0.15) is 0 Å². The van der Waals surface area contributed by atoms with Crippen LogP contribution in [0.4, 0.5) is 11.4 Å². The molecule has 0 unspecified atom stereocenters. The van der Waals surface area contributed by atoms with Crippen molar-refractivity contribution in [2.75, 3.05) is 38.4 Å². The van der Waals surface area contributed by atoms with Crippen LogP contribution in [-0.4, -0.2) is 40.1 Å². The summed E-state index contributed by atoms with van der Waals surface area (Å²) in [5, 5.41) is 13.9. The van der Waals surface area contributed by atoms with Crippen LogP contribution in [-0.2, 0) is 9.59 Å². The predicted octanol–water partition coefficient (Wildman–Crippen LogP) is 3.02. The third-order valence-corrected chi connectivity index (χ3v) is 5.22. The second kappa shape index (κ2) is 10.2. The van der Waals surface area contributed by atoms with Crippen LogP contribution in [0.2, 0.25) is 0 Å². The molecule has 0 fully saturated rings. The summed E-state index contributed by atoms with van der Waals surface area (Å²) in [5.74, 6) is -0.324. The van der Waals surface area contributed by atoms with Crippen molar-refractivity contribution < 1.29 is 19.1 Å². The van der Waals surface area contributed by atoms with Crippen LogP contribution in [0.25, 0.3) is 33.4 Å². The number of benzene rings is 3. The minimum atomic E-state index is -1.08. The van der Waals surface area contributed by atoms with E-state index in [0.29, 0.717) is 0 Å². The number of hydrogen-bond donors (Lipinski definition) is 1. The topological polar surface area (TPSA) is 88.6 Å². The van der Waals surface area contributed by atoms with Gasteiger partial charge in [0.25, 0.3) is 0 Å². The lowest BCUT2D eigenvalue weighted by molar-refractivity contribution is -0.302. The Morgan fingerprint density at radius 2 is 1.59 bits per heavy atom. The number of carboxylic acids is 1. The van der Waals surface area contributed by atoms with Crippen molar-refractivity contribution in [1.82, 2.24) is 4.58 Å². The third-order valence-electron chi connectivity index (χ3n) is 5.22. The molecule has 0 saturated heterocycles. The molecule has 0 radical (unpaired) electrons. The molecular weight excluding hydrogens is 430 g/mol. The normalized spacial score (nSPS) is 10.4. The summed E-state index contributed by atoms with van der Waals surface area (Å²) in [6.07, 6.45) is 0. The molecule has 2 aromatic rings. The average Bonchev–Trinajstić information content (AvgIpc) is 2.76. The predicted molar refractivity (Wildman–Crippen MR) is 135 cm³/mol. The van der Waals surface area contributed by atoms with Crippen LogP contribution >= 0.6 is 0 Å². The number of nitrogens with zero attached hydrogens (tertiary/aromatic N) is 2. The van der Waals surface area contributed by atoms with Crippen molar-refractivity contribution in [2.24, 2.45) is 0 Å². The molecule has 1 N–H and O–H groups in total. The van der Waals surface area contributed by atoms with Gasteiger partial charge in [0.2, 0.25) is 11.3 Å². The molecule has 4 rings (SSSR count). The third kappa shape index (κ3) is 5.61. The van der Waals surface area contributed by atoms with Gasteiger partial charge in [0.15, 0.2) is 0 Å². The van der Waals surface area contributed by atoms with E-state index in [1.54, 1.807) is 0 Å². The maximum atomic E-state index is 11.4. The lowest BCUT2D eigenvalue weighted by atomic mass is 9.93. The van der Waals surface area contributed by atoms with Crippen molar-refractivity contribution in [3.8, 4) is 22.5 Å². The highest BCUT2D eigenvalue weighted by Gasteiger charge is 2.18. The number of carbonyl (C=O) groups excluding carboxylic acids is 2. The molecule has 2 aliphatic rings. The first-order chi connectivity index (χ1) is 16.1. The fraction of sp³-hybridized carbons (Fsp3) is 0.222. The molecule has 34 heavy (non-hydrogen) atoms. The fourth-order valence-corrected chi connectivity index (χ4v) is 3.66. The number of rotatable bonds is 3. The molecular formula is C27H29N3O4. The second-order valence-corrected chi connectivity index (χ2v) is 8.38. The number of hydrogen-bond acceptors (Lipinski definition) is 5. The van der Waals surface area contributed by atoms with E-state index >= 15 is 0 Å². The van der Waals surface area contributed by atoms with E-state index < -0.39 is 5.97 Å². The van der Waals surface area contributed by atoms with E-state index in [1.165, 1.54) is 6.92 Å². The first kappa shape index (κ1) is 24.5. The van der Waals surface area contributed by atoms with Crippen LogP contribution in [0.1, 0.15) is 13.8 Å². The molecule has 0 saturated carbocycles. The van der Waals surface area contributed by atoms with E-state index in [1.807, 2.05) is 52.5 Å². The van der Waals surface area contributed by atoms with E-state index in [4.69, 9.17) is 14.3 Å². The standard InChI is InChI=1S/C25H25N3O2.C2H4O2/c1-16(29)26-18-8-6-17(7-9-18)25-21-12-10-19(27(2)3)14-23(21)30-24-15-20(28(4)5)11-13-22(24)25;1-2(3)4/h6-15H,1-5H3;1H3,(H,3,4). The minimum absolute atomic E-state index is 0.0791. The Morgan fingerprint density at radius 3 is 2.15 bits per heavy atom. The average molecular weight is 460 g/mol. The van der Waals surface area contributed by atoms with Gasteiger partial charge in [-0.1, -0.05) is 12.1 Å². The Labute approximate surface area is 198 Å². The number of aliphatic carboxylic acids is 1. The molecule has 0 aromatic heterocycles. The lowest BCUT2D eigenvalue weighted by Gasteiger charge is -2.18. The zero-order valence-electron chi connectivity index (χ0n) is 20.3. The summed E-state index contributed by atoms with van der Waals surface area (Å²) < 4.78 is 8.42. The lowest BCUT2D eigenvalue weighted by Crippen LogP contribution is -2.21. The van der Waals surface area contributed by atoms with E-state index in [-0.39, 0.29) is 5.91 Å². The van der Waals surface area contributed by atoms with Gasteiger partial charge in [-0.15, -0.1) is 0 Å². The SMILES string of the molecule is CC(=O)Nc1ccc(-c2c3ccc(=[N+](C)C)cc-3oc3cc(N(C)C)ccc23)cc1.CC(=O)[O-]. The highest BCUT2D eigenvalue weighted by atomic mass is 16.4. The Balaban J connectivity index is 0.000000751. The van der Waals surface area contributed by atoms with Gasteiger partial charge in [0, 0.05) is 67.0 Å². The molecule has 0 bridgehead atoms. The summed E-state index contributed by atoms with van der Waals surface area (Å²) in [7, 11) is 8.09. The molecule has 176 valence electrons. The Bertz CT molecular complexity index is 1380. The quantitative estimate of drug-likeness (QED) is 0.376. The summed E-state index contributed by atoms with van der Waals surface area (Å²) in [5.41, 5.74) is 5.96. The zero-order chi connectivity index (χ0) is 25.0. The van der Waals surface area contributed by atoms with E-state index in [2.05, 4.69) is 51.2 Å². The summed E-state index contributed by atoms with van der Waals surface area (Å²) >= 11 is 0. The molecule has 2 aromatic carbocycles. The van der Waals surface area contributed by atoms with E-state index in [9.17, 15) is 4.79 Å². The summed E-state index contributed by atoms with van der Waals surface area (Å²) in [6, 6.07) is 20.5. The van der Waals surface area contributed by atoms with Crippen LogP contribution in [0.5, 0.6) is 0 Å². The Morgan fingerprint density at radius 1 is 0.941 bits per heavy atom. The molecule has 7 heteroatoms. The molecule has 1 aliphatic carbocycles. The summed E-state index contributed by atoms with van der Waals surface area (Å²) in [6.45, 7) is 2.48. The smallest absolute Gasteiger partial charge is 0.221 e. The van der Waals surface area contributed by atoms with Crippen molar-refractivity contribution in [3.63, 3.8) is 0 Å². The monoisotopic (exact) mass is 459 g/mol. The maximum Gasteiger partial charge on any atom is 0.221 e. The van der Waals surface area contributed by atoms with Crippen LogP contribution in [0.15, 0.2) is 65.1 Å². The van der Waals surface area contributed by atoms with Gasteiger partial charge in [-0.3, -0.25) is 4.79 Å². The molecule has 1 amide bonds. The Kier molecular flexibility index (Phi) is 7.36. The molecule has 1 aliphatic heterocycles. The number of amides is 1. The Hall–Kier alpha value is -4.13. The molecule has 0 atom stereocenters. The van der Waals surface area contributed by atoms with Crippen LogP contribution < -0.4 is 25.3 Å². The van der Waals surface area contributed by atoms with Gasteiger partial charge in [0.05, 0.1) is 6.07 Å². The molecule has 7 nitrogen and oxygen atoms in total. The van der Waals surface area contributed by atoms with Crippen LogP contribution in [0, 0.1) is 0 Å². The first-order valence-electron chi connectivity index (χ1n) is 10.8. The number of anilines is 2. The van der Waals surface area contributed by atoms with Crippen molar-refractivity contribution in [3.05, 3.63) is 66.0 Å². The first-order valence-corrected chi connectivity index (χ1v) is 10.8. The number of carbonyl (C=O) groups is 2. The van der Waals surface area contributed by atoms with Gasteiger partial charge in [0.1, 0.15) is 25.4 Å². The van der Waals surface area contributed by atoms with E-state index in [0.717, 1.165) is 57.1 Å². The van der Waals surface area contributed by atoms with Crippen LogP contribution in [0.3, 0.4) is 0 Å². The highest BCUT2D eigenvalue weighted by Crippen LogP contribution is 2.40. The number of fused-ring (bicyclic) bond motifs is 2. The van der Waals surface area contributed by atoms with Crippen molar-refractivity contribution in [2.45, 2.75) is 13.8 Å². The number of carboxylic acid groups (broad SMARTS) is 1. The zero-order valence-corrected chi connectivity index (χ0v) is 20.3. The molecule has 1 heterocycles. The fourth-order valence-electron chi connectivity index (χ4n) is 3.66. The molecule has 0 spiro atoms. The van der Waals surface area contributed by atoms with Gasteiger partial charge in [-0.25, -0.2) is 4.58 Å². The van der Waals surface area contributed by atoms with Crippen molar-refractivity contribution >= 4 is 34.2 Å².